The first kappa shape index (κ1) is 22.0. The molecule has 164 valence electrons. The number of nitrogens with zero attached hydrogens (tertiary/aromatic N) is 1. The molecule has 0 aliphatic rings. The van der Waals surface area contributed by atoms with Crippen LogP contribution in [0.3, 0.4) is 0 Å². The van der Waals surface area contributed by atoms with Crippen LogP contribution in [-0.2, 0) is 11.3 Å². The van der Waals surface area contributed by atoms with E-state index in [1.54, 1.807) is 67.0 Å². The number of pyridine rings is 1. The molecule has 0 radical (unpaired) electrons. The van der Waals surface area contributed by atoms with Crippen LogP contribution in [0.5, 0.6) is 0 Å². The van der Waals surface area contributed by atoms with Crippen LogP contribution < -0.4 is 10.6 Å². The van der Waals surface area contributed by atoms with Crippen molar-refractivity contribution in [3.63, 3.8) is 0 Å². The number of hydrogen-bond acceptors (Lipinski definition) is 4. The Kier molecular flexibility index (Phi) is 6.97. The average Bonchev–Trinajstić information content (AvgIpc) is 3.32. The first-order valence-corrected chi connectivity index (χ1v) is 10.6. The second kappa shape index (κ2) is 10.4. The lowest BCUT2D eigenvalue weighted by molar-refractivity contribution is -0.117. The third kappa shape index (κ3) is 5.96. The smallest absolute Gasteiger partial charge is 0.268 e. The summed E-state index contributed by atoms with van der Waals surface area (Å²) in [5.41, 5.74) is 2.13. The Balaban J connectivity index is 1.58. The first-order chi connectivity index (χ1) is 16.1. The number of aromatic nitrogens is 1. The number of benzene rings is 2. The van der Waals surface area contributed by atoms with E-state index in [-0.39, 0.29) is 12.2 Å². The number of amides is 2. The maximum Gasteiger partial charge on any atom is 0.268 e. The van der Waals surface area contributed by atoms with Gasteiger partial charge in [-0.05, 0) is 48.0 Å². The average molecular weight is 458 g/mol. The van der Waals surface area contributed by atoms with Gasteiger partial charge in [0.15, 0.2) is 0 Å². The molecule has 2 aromatic heterocycles. The summed E-state index contributed by atoms with van der Waals surface area (Å²) < 4.78 is 5.88. The molecule has 33 heavy (non-hydrogen) atoms. The van der Waals surface area contributed by atoms with Gasteiger partial charge in [0.05, 0.1) is 0 Å². The largest absolute Gasteiger partial charge is 0.457 e. The summed E-state index contributed by atoms with van der Waals surface area (Å²) in [5, 5.41) is 6.08. The van der Waals surface area contributed by atoms with E-state index in [1.807, 2.05) is 24.3 Å². The second-order valence-corrected chi connectivity index (χ2v) is 7.57. The summed E-state index contributed by atoms with van der Waals surface area (Å²) in [7, 11) is 0. The highest BCUT2D eigenvalue weighted by molar-refractivity contribution is 6.30. The van der Waals surface area contributed by atoms with Crippen LogP contribution in [-0.4, -0.2) is 16.8 Å². The Hall–Kier alpha value is -4.16. The first-order valence-electron chi connectivity index (χ1n) is 10.2. The van der Waals surface area contributed by atoms with Crippen LogP contribution in [0.4, 0.5) is 0 Å². The van der Waals surface area contributed by atoms with Crippen molar-refractivity contribution < 1.29 is 14.0 Å². The molecule has 2 amide bonds. The monoisotopic (exact) mass is 457 g/mol. The number of halogens is 1. The second-order valence-electron chi connectivity index (χ2n) is 7.13. The molecule has 0 aliphatic heterocycles. The number of hydrogen-bond donors (Lipinski definition) is 2. The molecule has 4 aromatic rings. The highest BCUT2D eigenvalue weighted by atomic mass is 35.5. The highest BCUT2D eigenvalue weighted by Gasteiger charge is 2.16. The Morgan fingerprint density at radius 1 is 0.970 bits per heavy atom. The predicted octanol–water partition coefficient (Wildman–Crippen LogP) is 5.08. The fraction of sp³-hybridized carbons (Fsp3) is 0.0385. The minimum Gasteiger partial charge on any atom is -0.457 e. The molecule has 0 spiro atoms. The quantitative estimate of drug-likeness (QED) is 0.379. The van der Waals surface area contributed by atoms with Crippen LogP contribution in [0, 0.1) is 0 Å². The van der Waals surface area contributed by atoms with Crippen molar-refractivity contribution in [2.24, 2.45) is 0 Å². The Morgan fingerprint density at radius 2 is 1.82 bits per heavy atom. The van der Waals surface area contributed by atoms with Gasteiger partial charge in [0.25, 0.3) is 11.8 Å². The number of carbonyl (C=O) groups excluding carboxylic acids is 2. The van der Waals surface area contributed by atoms with E-state index >= 15 is 0 Å². The number of rotatable bonds is 7. The van der Waals surface area contributed by atoms with Crippen molar-refractivity contribution in [2.75, 3.05) is 0 Å². The summed E-state index contributed by atoms with van der Waals surface area (Å²) in [6.07, 6.45) is 4.81. The van der Waals surface area contributed by atoms with Crippen LogP contribution in [0.25, 0.3) is 17.4 Å². The molecular formula is C26H20ClN3O3. The topological polar surface area (TPSA) is 84.2 Å². The normalized spacial score (nSPS) is 11.1. The van der Waals surface area contributed by atoms with E-state index in [1.165, 1.54) is 6.08 Å². The molecule has 0 saturated carbocycles. The minimum absolute atomic E-state index is 0.0553. The molecule has 0 atom stereocenters. The lowest BCUT2D eigenvalue weighted by Gasteiger charge is -2.11. The molecule has 4 rings (SSSR count). The Morgan fingerprint density at radius 3 is 2.58 bits per heavy atom. The molecule has 2 heterocycles. The van der Waals surface area contributed by atoms with Gasteiger partial charge in [-0.25, -0.2) is 0 Å². The molecule has 0 saturated heterocycles. The van der Waals surface area contributed by atoms with Crippen molar-refractivity contribution >= 4 is 29.5 Å². The maximum atomic E-state index is 12.9. The zero-order valence-corrected chi connectivity index (χ0v) is 18.3. The summed E-state index contributed by atoms with van der Waals surface area (Å²) in [5.74, 6) is 0.141. The molecule has 0 aliphatic carbocycles. The van der Waals surface area contributed by atoms with Crippen LogP contribution in [0.1, 0.15) is 21.7 Å². The van der Waals surface area contributed by atoms with E-state index in [4.69, 9.17) is 16.0 Å². The SMILES string of the molecule is O=C(NCc1cccnc1)C(=Cc1ccc(-c2cccc(Cl)c2)o1)NC(=O)c1ccccc1. The number of carbonyl (C=O) groups is 2. The molecule has 2 aromatic carbocycles. The molecular weight excluding hydrogens is 438 g/mol. The lowest BCUT2D eigenvalue weighted by atomic mass is 10.2. The molecule has 0 bridgehead atoms. The van der Waals surface area contributed by atoms with Crippen LogP contribution in [0.15, 0.2) is 101 Å². The zero-order chi connectivity index (χ0) is 23.0. The van der Waals surface area contributed by atoms with Gasteiger partial charge in [-0.3, -0.25) is 14.6 Å². The summed E-state index contributed by atoms with van der Waals surface area (Å²) in [6, 6.07) is 23.1. The lowest BCUT2D eigenvalue weighted by Crippen LogP contribution is -2.34. The van der Waals surface area contributed by atoms with Gasteiger partial charge in [0, 0.05) is 41.2 Å². The third-order valence-corrected chi connectivity index (χ3v) is 4.96. The predicted molar refractivity (Wildman–Crippen MR) is 127 cm³/mol. The van der Waals surface area contributed by atoms with Crippen molar-refractivity contribution in [3.05, 3.63) is 119 Å². The molecule has 2 N–H and O–H groups in total. The minimum atomic E-state index is -0.455. The van der Waals surface area contributed by atoms with Gasteiger partial charge in [0.2, 0.25) is 0 Å². The van der Waals surface area contributed by atoms with E-state index in [2.05, 4.69) is 15.6 Å². The van der Waals surface area contributed by atoms with E-state index in [9.17, 15) is 9.59 Å². The van der Waals surface area contributed by atoms with Crippen molar-refractivity contribution in [1.29, 1.82) is 0 Å². The van der Waals surface area contributed by atoms with Crippen molar-refractivity contribution in [3.8, 4) is 11.3 Å². The standard InChI is InChI=1S/C26H20ClN3O3/c27-21-10-4-9-20(14-21)24-12-11-22(33-24)15-23(30-25(31)19-7-2-1-3-8-19)26(32)29-17-18-6-5-13-28-16-18/h1-16H,17H2,(H,29,32)(H,30,31). The Labute approximate surface area is 195 Å². The van der Waals surface area contributed by atoms with Gasteiger partial charge < -0.3 is 15.1 Å². The zero-order valence-electron chi connectivity index (χ0n) is 17.5. The fourth-order valence-corrected chi connectivity index (χ4v) is 3.28. The van der Waals surface area contributed by atoms with E-state index in [0.717, 1.165) is 11.1 Å². The summed E-state index contributed by atoms with van der Waals surface area (Å²) >= 11 is 6.07. The van der Waals surface area contributed by atoms with Crippen molar-refractivity contribution in [2.45, 2.75) is 6.54 Å². The van der Waals surface area contributed by atoms with Crippen LogP contribution in [0.2, 0.25) is 5.02 Å². The third-order valence-electron chi connectivity index (χ3n) is 4.73. The Bertz CT molecular complexity index is 1280. The van der Waals surface area contributed by atoms with Gasteiger partial charge in [0.1, 0.15) is 17.2 Å². The van der Waals surface area contributed by atoms with Gasteiger partial charge in [-0.1, -0.05) is 48.0 Å². The van der Waals surface area contributed by atoms with Gasteiger partial charge in [-0.2, -0.15) is 0 Å². The molecule has 6 nitrogen and oxygen atoms in total. The number of furan rings is 1. The molecule has 0 unspecified atom stereocenters. The van der Waals surface area contributed by atoms with Crippen molar-refractivity contribution in [1.82, 2.24) is 15.6 Å². The molecule has 0 fully saturated rings. The van der Waals surface area contributed by atoms with E-state index in [0.29, 0.717) is 22.1 Å². The summed E-state index contributed by atoms with van der Waals surface area (Å²) in [4.78, 5) is 29.7. The van der Waals surface area contributed by atoms with E-state index < -0.39 is 11.8 Å². The summed E-state index contributed by atoms with van der Waals surface area (Å²) in [6.45, 7) is 0.261. The van der Waals surface area contributed by atoms with Crippen LogP contribution >= 0.6 is 11.6 Å². The van der Waals surface area contributed by atoms with Gasteiger partial charge in [-0.15, -0.1) is 0 Å². The maximum absolute atomic E-state index is 12.9. The van der Waals surface area contributed by atoms with Gasteiger partial charge >= 0.3 is 0 Å². The highest BCUT2D eigenvalue weighted by Crippen LogP contribution is 2.25. The fourth-order valence-electron chi connectivity index (χ4n) is 3.09. The molecule has 7 heteroatoms. The number of nitrogens with one attached hydrogen (secondary N) is 2.